The third kappa shape index (κ3) is 3.08. The maximum atomic E-state index is 11.4. The monoisotopic (exact) mass is 288 g/mol. The smallest absolute Gasteiger partial charge is 0.336 e. The standard InChI is InChI=1S/C16H16O5/c1-9(2)16(19)21-10(3)20-14-8-13(17)15(18)12-7-5-4-6-11(12)14/h4-8,10,17-18H,1H2,2-3H3. The third-order valence-electron chi connectivity index (χ3n) is 2.87. The topological polar surface area (TPSA) is 76.0 Å². The Balaban J connectivity index is 2.32. The summed E-state index contributed by atoms with van der Waals surface area (Å²) in [5, 5.41) is 20.6. The summed E-state index contributed by atoms with van der Waals surface area (Å²) in [5.74, 6) is -0.774. The van der Waals surface area contributed by atoms with Gasteiger partial charge in [0.25, 0.3) is 0 Å². The van der Waals surface area contributed by atoms with Gasteiger partial charge in [0, 0.05) is 29.3 Å². The van der Waals surface area contributed by atoms with Crippen molar-refractivity contribution in [3.8, 4) is 17.2 Å². The van der Waals surface area contributed by atoms with Gasteiger partial charge in [0.15, 0.2) is 11.5 Å². The average Bonchev–Trinajstić information content (AvgIpc) is 2.44. The second-order valence-electron chi connectivity index (χ2n) is 4.66. The summed E-state index contributed by atoms with van der Waals surface area (Å²) >= 11 is 0. The van der Waals surface area contributed by atoms with E-state index in [1.54, 1.807) is 31.2 Å². The molecule has 0 radical (unpaired) electrons. The number of aromatic hydroxyl groups is 2. The van der Waals surface area contributed by atoms with Gasteiger partial charge in [-0.25, -0.2) is 4.79 Å². The Kier molecular flexibility index (Phi) is 4.03. The van der Waals surface area contributed by atoms with E-state index >= 15 is 0 Å². The highest BCUT2D eigenvalue weighted by Crippen LogP contribution is 2.40. The molecule has 0 aliphatic rings. The molecule has 0 aliphatic heterocycles. The predicted octanol–water partition coefficient (Wildman–Crippen LogP) is 3.10. The molecule has 1 unspecified atom stereocenters. The minimum atomic E-state index is -0.860. The lowest BCUT2D eigenvalue weighted by atomic mass is 10.1. The quantitative estimate of drug-likeness (QED) is 0.391. The Morgan fingerprint density at radius 3 is 2.48 bits per heavy atom. The summed E-state index contributed by atoms with van der Waals surface area (Å²) in [7, 11) is 0. The van der Waals surface area contributed by atoms with Crippen molar-refractivity contribution in [3.05, 3.63) is 42.5 Å². The van der Waals surface area contributed by atoms with E-state index in [1.807, 2.05) is 0 Å². The van der Waals surface area contributed by atoms with E-state index in [0.29, 0.717) is 16.5 Å². The number of carbonyl (C=O) groups is 1. The van der Waals surface area contributed by atoms with Crippen LogP contribution in [0.2, 0.25) is 0 Å². The van der Waals surface area contributed by atoms with Crippen LogP contribution in [0.15, 0.2) is 42.5 Å². The second-order valence-corrected chi connectivity index (χ2v) is 4.66. The number of carbonyl (C=O) groups excluding carboxylic acids is 1. The van der Waals surface area contributed by atoms with Crippen LogP contribution in [-0.4, -0.2) is 22.5 Å². The van der Waals surface area contributed by atoms with Gasteiger partial charge in [-0.3, -0.25) is 0 Å². The lowest BCUT2D eigenvalue weighted by Crippen LogP contribution is -2.21. The molecule has 110 valence electrons. The van der Waals surface area contributed by atoms with E-state index < -0.39 is 12.3 Å². The fourth-order valence-corrected chi connectivity index (χ4v) is 1.86. The zero-order valence-corrected chi connectivity index (χ0v) is 11.8. The molecule has 5 nitrogen and oxygen atoms in total. The van der Waals surface area contributed by atoms with E-state index in [9.17, 15) is 15.0 Å². The van der Waals surface area contributed by atoms with Crippen LogP contribution in [0, 0.1) is 0 Å². The second kappa shape index (κ2) is 5.75. The number of ether oxygens (including phenoxy) is 2. The van der Waals surface area contributed by atoms with Crippen LogP contribution >= 0.6 is 0 Å². The zero-order chi connectivity index (χ0) is 15.6. The highest BCUT2D eigenvalue weighted by Gasteiger charge is 2.16. The van der Waals surface area contributed by atoms with Crippen LogP contribution in [0.5, 0.6) is 17.2 Å². The Morgan fingerprint density at radius 2 is 1.86 bits per heavy atom. The molecule has 0 saturated carbocycles. The van der Waals surface area contributed by atoms with Gasteiger partial charge in [-0.05, 0) is 6.92 Å². The zero-order valence-electron chi connectivity index (χ0n) is 11.8. The molecular weight excluding hydrogens is 272 g/mol. The molecule has 0 heterocycles. The molecule has 0 bridgehead atoms. The molecule has 0 amide bonds. The van der Waals surface area contributed by atoms with Crippen molar-refractivity contribution in [1.82, 2.24) is 0 Å². The number of phenols is 2. The van der Waals surface area contributed by atoms with Gasteiger partial charge < -0.3 is 19.7 Å². The first-order chi connectivity index (χ1) is 9.90. The number of rotatable bonds is 4. The van der Waals surface area contributed by atoms with E-state index in [2.05, 4.69) is 6.58 Å². The Labute approximate surface area is 122 Å². The van der Waals surface area contributed by atoms with Crippen molar-refractivity contribution in [1.29, 1.82) is 0 Å². The lowest BCUT2D eigenvalue weighted by molar-refractivity contribution is -0.156. The molecule has 1 atom stereocenters. The predicted molar refractivity (Wildman–Crippen MR) is 78.3 cm³/mol. The molecule has 2 aromatic rings. The number of hydrogen-bond donors (Lipinski definition) is 2. The molecule has 0 aromatic heterocycles. The molecule has 0 aliphatic carbocycles. The first kappa shape index (κ1) is 14.7. The number of fused-ring (bicyclic) bond motifs is 1. The van der Waals surface area contributed by atoms with Gasteiger partial charge in [0.1, 0.15) is 5.75 Å². The van der Waals surface area contributed by atoms with Gasteiger partial charge in [0.2, 0.25) is 6.29 Å². The van der Waals surface area contributed by atoms with E-state index in [1.165, 1.54) is 13.0 Å². The van der Waals surface area contributed by atoms with Crippen LogP contribution < -0.4 is 4.74 Å². The van der Waals surface area contributed by atoms with E-state index in [4.69, 9.17) is 9.47 Å². The van der Waals surface area contributed by atoms with E-state index in [0.717, 1.165) is 0 Å². The maximum absolute atomic E-state index is 11.4. The van der Waals surface area contributed by atoms with Crippen LogP contribution in [-0.2, 0) is 9.53 Å². The number of esters is 1. The van der Waals surface area contributed by atoms with Crippen LogP contribution in [0.4, 0.5) is 0 Å². The summed E-state index contributed by atoms with van der Waals surface area (Å²) in [4.78, 5) is 11.4. The molecular formula is C16H16O5. The summed E-state index contributed by atoms with van der Waals surface area (Å²) in [5.41, 5.74) is 0.267. The summed E-state index contributed by atoms with van der Waals surface area (Å²) in [6.45, 7) is 6.58. The van der Waals surface area contributed by atoms with Crippen molar-refractivity contribution in [2.75, 3.05) is 0 Å². The van der Waals surface area contributed by atoms with Gasteiger partial charge in [0.05, 0.1) is 0 Å². The Bertz CT molecular complexity index is 705. The Morgan fingerprint density at radius 1 is 1.24 bits per heavy atom. The summed E-state index contributed by atoms with van der Waals surface area (Å²) in [6, 6.07) is 8.17. The van der Waals surface area contributed by atoms with Crippen molar-refractivity contribution in [2.45, 2.75) is 20.1 Å². The van der Waals surface area contributed by atoms with Crippen LogP contribution in [0.25, 0.3) is 10.8 Å². The minimum Gasteiger partial charge on any atom is -0.504 e. The molecule has 2 rings (SSSR count). The van der Waals surface area contributed by atoms with Crippen molar-refractivity contribution in [3.63, 3.8) is 0 Å². The Hall–Kier alpha value is -2.69. The summed E-state index contributed by atoms with van der Waals surface area (Å²) in [6.07, 6.45) is -0.860. The maximum Gasteiger partial charge on any atom is 0.336 e. The van der Waals surface area contributed by atoms with Crippen molar-refractivity contribution in [2.24, 2.45) is 0 Å². The first-order valence-corrected chi connectivity index (χ1v) is 6.37. The van der Waals surface area contributed by atoms with Crippen molar-refractivity contribution >= 4 is 16.7 Å². The van der Waals surface area contributed by atoms with Gasteiger partial charge >= 0.3 is 5.97 Å². The normalized spacial score (nSPS) is 11.9. The number of hydrogen-bond acceptors (Lipinski definition) is 5. The lowest BCUT2D eigenvalue weighted by Gasteiger charge is -2.17. The molecule has 2 N–H and O–H groups in total. The molecule has 2 aromatic carbocycles. The number of phenolic OH excluding ortho intramolecular Hbond substituents is 2. The fourth-order valence-electron chi connectivity index (χ4n) is 1.86. The molecule has 0 spiro atoms. The SMILES string of the molecule is C=C(C)C(=O)OC(C)Oc1cc(O)c(O)c2ccccc12. The molecule has 0 saturated heterocycles. The third-order valence-corrected chi connectivity index (χ3v) is 2.87. The average molecular weight is 288 g/mol. The highest BCUT2D eigenvalue weighted by atomic mass is 16.7. The first-order valence-electron chi connectivity index (χ1n) is 6.37. The fraction of sp³-hybridized carbons (Fsp3) is 0.188. The van der Waals surface area contributed by atoms with Crippen LogP contribution in [0.3, 0.4) is 0 Å². The summed E-state index contributed by atoms with van der Waals surface area (Å²) < 4.78 is 10.6. The van der Waals surface area contributed by atoms with Crippen molar-refractivity contribution < 1.29 is 24.5 Å². The number of benzene rings is 2. The molecule has 21 heavy (non-hydrogen) atoms. The van der Waals surface area contributed by atoms with Gasteiger partial charge in [-0.1, -0.05) is 30.8 Å². The minimum absolute atomic E-state index is 0.218. The highest BCUT2D eigenvalue weighted by molar-refractivity contribution is 5.95. The van der Waals surface area contributed by atoms with Gasteiger partial charge in [-0.2, -0.15) is 0 Å². The molecule has 5 heteroatoms. The van der Waals surface area contributed by atoms with Gasteiger partial charge in [-0.15, -0.1) is 0 Å². The molecule has 0 fully saturated rings. The van der Waals surface area contributed by atoms with E-state index in [-0.39, 0.29) is 17.1 Å². The largest absolute Gasteiger partial charge is 0.504 e. The van der Waals surface area contributed by atoms with Crippen LogP contribution in [0.1, 0.15) is 13.8 Å².